The van der Waals surface area contributed by atoms with Crippen molar-refractivity contribution in [1.82, 2.24) is 0 Å². The first kappa shape index (κ1) is 23.8. The molecule has 6 heteroatoms. The van der Waals surface area contributed by atoms with Crippen molar-refractivity contribution in [3.8, 4) is 0 Å². The molecule has 0 amide bonds. The zero-order valence-electron chi connectivity index (χ0n) is 18.6. The number of rotatable bonds is 15. The minimum atomic E-state index is -2.16. The molecule has 2 saturated carbocycles. The summed E-state index contributed by atoms with van der Waals surface area (Å²) in [4.78, 5) is 12.0. The SMILES string of the molecule is C=C(CC(O)(C(=O)O)C(N)COCC1CC1)c1cc(CCC2CC2)oc1/C=C\CCC. The summed E-state index contributed by atoms with van der Waals surface area (Å²) in [7, 11) is 0. The fourth-order valence-corrected chi connectivity index (χ4v) is 3.66. The minimum Gasteiger partial charge on any atom is -0.479 e. The fourth-order valence-electron chi connectivity index (χ4n) is 3.66. The number of aliphatic carboxylic acids is 1. The predicted octanol–water partition coefficient (Wildman–Crippen LogP) is 4.41. The van der Waals surface area contributed by atoms with E-state index in [1.54, 1.807) is 0 Å². The monoisotopic (exact) mass is 431 g/mol. The zero-order valence-corrected chi connectivity index (χ0v) is 18.6. The predicted molar refractivity (Wildman–Crippen MR) is 121 cm³/mol. The van der Waals surface area contributed by atoms with Gasteiger partial charge in [0.1, 0.15) is 11.5 Å². The second-order valence-electron chi connectivity index (χ2n) is 9.26. The van der Waals surface area contributed by atoms with Gasteiger partial charge in [-0.15, -0.1) is 0 Å². The Kier molecular flexibility index (Phi) is 8.14. The quantitative estimate of drug-likeness (QED) is 0.380. The standard InChI is InChI=1S/C25H37NO5/c1-3-4-5-6-22-21(13-20(31-22)12-11-18-7-8-18)17(2)14-25(29,24(27)28)23(26)16-30-15-19-9-10-19/h5-6,13,18-19,23,29H,2-4,7-12,14-16,26H2,1H3,(H,27,28)/b6-5-. The van der Waals surface area contributed by atoms with E-state index in [0.29, 0.717) is 23.9 Å². The van der Waals surface area contributed by atoms with Crippen molar-refractivity contribution >= 4 is 17.6 Å². The fraction of sp³-hybridized carbons (Fsp3) is 0.640. The number of hydrogen-bond acceptors (Lipinski definition) is 5. The summed E-state index contributed by atoms with van der Waals surface area (Å²) in [5, 5.41) is 20.7. The van der Waals surface area contributed by atoms with Crippen LogP contribution in [0.15, 0.2) is 23.1 Å². The lowest BCUT2D eigenvalue weighted by molar-refractivity contribution is -0.162. The molecule has 2 aliphatic carbocycles. The maximum atomic E-state index is 12.0. The number of carboxylic acids is 1. The molecule has 0 radical (unpaired) electrons. The van der Waals surface area contributed by atoms with Gasteiger partial charge in [0, 0.05) is 25.0 Å². The van der Waals surface area contributed by atoms with E-state index in [1.807, 2.05) is 18.2 Å². The van der Waals surface area contributed by atoms with E-state index >= 15 is 0 Å². The number of furan rings is 1. The molecule has 172 valence electrons. The van der Waals surface area contributed by atoms with Crippen LogP contribution in [-0.4, -0.2) is 41.0 Å². The van der Waals surface area contributed by atoms with Crippen LogP contribution in [0.2, 0.25) is 0 Å². The lowest BCUT2D eigenvalue weighted by Crippen LogP contribution is -2.56. The van der Waals surface area contributed by atoms with Gasteiger partial charge in [-0.05, 0) is 55.2 Å². The van der Waals surface area contributed by atoms with E-state index in [1.165, 1.54) is 12.8 Å². The summed E-state index contributed by atoms with van der Waals surface area (Å²) in [5.41, 5.74) is 5.16. The van der Waals surface area contributed by atoms with Crippen molar-refractivity contribution in [3.63, 3.8) is 0 Å². The molecule has 0 saturated heterocycles. The summed E-state index contributed by atoms with van der Waals surface area (Å²) in [6.07, 6.45) is 12.5. The Morgan fingerprint density at radius 2 is 2.10 bits per heavy atom. The lowest BCUT2D eigenvalue weighted by atomic mass is 9.86. The van der Waals surface area contributed by atoms with Gasteiger partial charge in [0.25, 0.3) is 0 Å². The number of aliphatic hydroxyl groups is 1. The van der Waals surface area contributed by atoms with Crippen LogP contribution in [0.4, 0.5) is 0 Å². The highest BCUT2D eigenvalue weighted by Crippen LogP contribution is 2.36. The van der Waals surface area contributed by atoms with E-state index in [2.05, 4.69) is 13.5 Å². The molecule has 0 aliphatic heterocycles. The lowest BCUT2D eigenvalue weighted by Gasteiger charge is -2.30. The van der Waals surface area contributed by atoms with Crippen molar-refractivity contribution in [2.75, 3.05) is 13.2 Å². The molecular weight excluding hydrogens is 394 g/mol. The molecule has 2 unspecified atom stereocenters. The molecular formula is C25H37NO5. The normalized spacial score (nSPS) is 19.5. The van der Waals surface area contributed by atoms with Gasteiger partial charge in [-0.1, -0.05) is 38.8 Å². The van der Waals surface area contributed by atoms with E-state index in [-0.39, 0.29) is 13.0 Å². The third-order valence-electron chi connectivity index (χ3n) is 6.23. The molecule has 2 atom stereocenters. The average Bonchev–Trinajstić information content (AvgIpc) is 3.66. The first-order valence-electron chi connectivity index (χ1n) is 11.6. The topological polar surface area (TPSA) is 106 Å². The molecule has 1 aromatic heterocycles. The van der Waals surface area contributed by atoms with Crippen molar-refractivity contribution in [1.29, 1.82) is 0 Å². The zero-order chi connectivity index (χ0) is 22.4. The second-order valence-corrected chi connectivity index (χ2v) is 9.26. The van der Waals surface area contributed by atoms with Gasteiger partial charge in [0.15, 0.2) is 5.60 Å². The molecule has 31 heavy (non-hydrogen) atoms. The van der Waals surface area contributed by atoms with Gasteiger partial charge in [-0.25, -0.2) is 4.79 Å². The molecule has 3 rings (SSSR count). The minimum absolute atomic E-state index is 0.00609. The van der Waals surface area contributed by atoms with Crippen LogP contribution >= 0.6 is 0 Å². The van der Waals surface area contributed by atoms with E-state index in [9.17, 15) is 15.0 Å². The van der Waals surface area contributed by atoms with Gasteiger partial charge < -0.3 is 25.1 Å². The number of hydrogen-bond donors (Lipinski definition) is 3. The largest absolute Gasteiger partial charge is 0.479 e. The van der Waals surface area contributed by atoms with Gasteiger partial charge in [0.05, 0.1) is 12.6 Å². The number of carbonyl (C=O) groups is 1. The summed E-state index contributed by atoms with van der Waals surface area (Å²) in [6, 6.07) is 0.883. The number of nitrogens with two attached hydrogens (primary N) is 1. The Balaban J connectivity index is 1.71. The Hall–Kier alpha value is -1.89. The van der Waals surface area contributed by atoms with Crippen molar-refractivity contribution in [2.24, 2.45) is 17.6 Å². The van der Waals surface area contributed by atoms with Crippen molar-refractivity contribution < 1.29 is 24.2 Å². The summed E-state index contributed by atoms with van der Waals surface area (Å²) >= 11 is 0. The molecule has 2 fully saturated rings. The van der Waals surface area contributed by atoms with Crippen LogP contribution in [0.5, 0.6) is 0 Å². The number of aryl methyl sites for hydroxylation is 1. The Labute approximate surface area is 185 Å². The maximum absolute atomic E-state index is 12.0. The average molecular weight is 432 g/mol. The molecule has 4 N–H and O–H groups in total. The van der Waals surface area contributed by atoms with Gasteiger partial charge in [-0.3, -0.25) is 0 Å². The Morgan fingerprint density at radius 3 is 2.71 bits per heavy atom. The van der Waals surface area contributed by atoms with Gasteiger partial charge in [-0.2, -0.15) is 0 Å². The highest BCUT2D eigenvalue weighted by Gasteiger charge is 2.43. The first-order chi connectivity index (χ1) is 14.8. The van der Waals surface area contributed by atoms with E-state index < -0.39 is 17.6 Å². The number of carboxylic acid groups (broad SMARTS) is 1. The van der Waals surface area contributed by atoms with Crippen LogP contribution in [0.3, 0.4) is 0 Å². The molecule has 1 aromatic rings. The van der Waals surface area contributed by atoms with Crippen LogP contribution in [0.1, 0.15) is 75.4 Å². The third kappa shape index (κ3) is 6.79. The first-order valence-corrected chi connectivity index (χ1v) is 11.6. The smallest absolute Gasteiger partial charge is 0.337 e. The molecule has 0 bridgehead atoms. The number of ether oxygens (including phenoxy) is 1. The van der Waals surface area contributed by atoms with E-state index in [0.717, 1.165) is 55.8 Å². The maximum Gasteiger partial charge on any atom is 0.337 e. The summed E-state index contributed by atoms with van der Waals surface area (Å²) < 4.78 is 11.6. The second kappa shape index (κ2) is 10.6. The third-order valence-corrected chi connectivity index (χ3v) is 6.23. The Bertz CT molecular complexity index is 790. The highest BCUT2D eigenvalue weighted by molar-refractivity contribution is 5.83. The number of allylic oxidation sites excluding steroid dienone is 1. The van der Waals surface area contributed by atoms with Gasteiger partial charge >= 0.3 is 5.97 Å². The van der Waals surface area contributed by atoms with Crippen LogP contribution in [0, 0.1) is 11.8 Å². The molecule has 6 nitrogen and oxygen atoms in total. The number of unbranched alkanes of at least 4 members (excludes halogenated alkanes) is 1. The molecule has 2 aliphatic rings. The molecule has 0 spiro atoms. The molecule has 1 heterocycles. The van der Waals surface area contributed by atoms with Crippen molar-refractivity contribution in [2.45, 2.75) is 76.4 Å². The van der Waals surface area contributed by atoms with Crippen LogP contribution < -0.4 is 5.73 Å². The molecule has 0 aromatic carbocycles. The van der Waals surface area contributed by atoms with E-state index in [4.69, 9.17) is 14.9 Å². The van der Waals surface area contributed by atoms with Crippen LogP contribution in [0.25, 0.3) is 11.6 Å². The highest BCUT2D eigenvalue weighted by atomic mass is 16.5. The Morgan fingerprint density at radius 1 is 1.39 bits per heavy atom. The van der Waals surface area contributed by atoms with Gasteiger partial charge in [0.2, 0.25) is 0 Å². The summed E-state index contributed by atoms with van der Waals surface area (Å²) in [5.74, 6) is 1.50. The van der Waals surface area contributed by atoms with Crippen LogP contribution in [-0.2, 0) is 16.0 Å². The summed E-state index contributed by atoms with van der Waals surface area (Å²) in [6.45, 7) is 6.75. The van der Waals surface area contributed by atoms with Crippen molar-refractivity contribution in [3.05, 3.63) is 35.8 Å².